The van der Waals surface area contributed by atoms with Crippen LogP contribution in [-0.4, -0.2) is 24.7 Å². The minimum Gasteiger partial charge on any atom is -0.365 e. The molecule has 116 valence electrons. The van der Waals surface area contributed by atoms with E-state index in [1.54, 1.807) is 0 Å². The van der Waals surface area contributed by atoms with E-state index in [2.05, 4.69) is 67.2 Å². The van der Waals surface area contributed by atoms with Crippen molar-refractivity contribution in [1.29, 1.82) is 0 Å². The summed E-state index contributed by atoms with van der Waals surface area (Å²) >= 11 is 7.38. The van der Waals surface area contributed by atoms with Gasteiger partial charge in [-0.25, -0.2) is 0 Å². The van der Waals surface area contributed by atoms with Crippen LogP contribution in [0.5, 0.6) is 0 Å². The van der Waals surface area contributed by atoms with Gasteiger partial charge in [0.1, 0.15) is 0 Å². The third-order valence-electron chi connectivity index (χ3n) is 4.84. The van der Waals surface area contributed by atoms with Gasteiger partial charge in [0, 0.05) is 27.1 Å². The highest BCUT2D eigenvalue weighted by Gasteiger charge is 2.38. The van der Waals surface area contributed by atoms with E-state index in [1.165, 1.54) is 53.2 Å². The number of hydrogen-bond donors (Lipinski definition) is 1. The second kappa shape index (κ2) is 7.01. The molecule has 0 saturated carbocycles. The molecule has 0 radical (unpaired) electrons. The minimum atomic E-state index is 0.692. The Labute approximate surface area is 144 Å². The molecule has 2 saturated heterocycles. The SMILES string of the molecule is CCCNC1CC2CCCC(C1)N2c1cc(Br)ccc1Br. The van der Waals surface area contributed by atoms with E-state index in [9.17, 15) is 0 Å². The van der Waals surface area contributed by atoms with E-state index >= 15 is 0 Å². The maximum absolute atomic E-state index is 3.75. The minimum absolute atomic E-state index is 0.692. The van der Waals surface area contributed by atoms with Crippen LogP contribution in [0, 0.1) is 0 Å². The van der Waals surface area contributed by atoms with Gasteiger partial charge in [0.05, 0.1) is 5.69 Å². The summed E-state index contributed by atoms with van der Waals surface area (Å²) in [5.74, 6) is 0. The van der Waals surface area contributed by atoms with Crippen molar-refractivity contribution >= 4 is 37.5 Å². The van der Waals surface area contributed by atoms with Crippen molar-refractivity contribution in [2.75, 3.05) is 11.4 Å². The molecule has 0 spiro atoms. The van der Waals surface area contributed by atoms with E-state index in [4.69, 9.17) is 0 Å². The van der Waals surface area contributed by atoms with Gasteiger partial charge >= 0.3 is 0 Å². The van der Waals surface area contributed by atoms with Gasteiger partial charge < -0.3 is 10.2 Å². The Balaban J connectivity index is 1.82. The number of piperidine rings is 2. The van der Waals surface area contributed by atoms with Gasteiger partial charge in [-0.2, -0.15) is 0 Å². The van der Waals surface area contributed by atoms with Crippen molar-refractivity contribution in [2.45, 2.75) is 63.6 Å². The molecule has 1 N–H and O–H groups in total. The molecule has 1 aromatic rings. The lowest BCUT2D eigenvalue weighted by Crippen LogP contribution is -2.56. The summed E-state index contributed by atoms with van der Waals surface area (Å²) < 4.78 is 2.40. The smallest absolute Gasteiger partial charge is 0.0526 e. The zero-order valence-electron chi connectivity index (χ0n) is 12.6. The lowest BCUT2D eigenvalue weighted by atomic mass is 9.81. The molecule has 21 heavy (non-hydrogen) atoms. The van der Waals surface area contributed by atoms with Gasteiger partial charge in [0.25, 0.3) is 0 Å². The Hall–Kier alpha value is -0.0600. The molecule has 3 rings (SSSR count). The number of rotatable bonds is 4. The molecular formula is C17H24Br2N2. The quantitative estimate of drug-likeness (QED) is 0.735. The standard InChI is InChI=1S/C17H24Br2N2/c1-2-8-20-13-10-14-4-3-5-15(11-13)21(14)17-9-12(18)6-7-16(17)19/h6-7,9,13-15,20H,2-5,8,10-11H2,1H3. The summed E-state index contributed by atoms with van der Waals surface area (Å²) in [6, 6.07) is 8.64. The van der Waals surface area contributed by atoms with Crippen molar-refractivity contribution in [1.82, 2.24) is 5.32 Å². The fraction of sp³-hybridized carbons (Fsp3) is 0.647. The lowest BCUT2D eigenvalue weighted by Gasteiger charge is -2.50. The molecule has 2 unspecified atom stereocenters. The molecule has 1 aromatic carbocycles. The normalized spacial score (nSPS) is 28.7. The molecule has 4 heteroatoms. The number of hydrogen-bond acceptors (Lipinski definition) is 2. The fourth-order valence-electron chi connectivity index (χ4n) is 3.97. The fourth-order valence-corrected chi connectivity index (χ4v) is 4.77. The van der Waals surface area contributed by atoms with Gasteiger partial charge in [0.15, 0.2) is 0 Å². The maximum Gasteiger partial charge on any atom is 0.0526 e. The summed E-state index contributed by atoms with van der Waals surface area (Å²) in [5.41, 5.74) is 1.37. The van der Waals surface area contributed by atoms with Crippen molar-refractivity contribution in [2.24, 2.45) is 0 Å². The second-order valence-corrected chi connectivity index (χ2v) is 8.13. The van der Waals surface area contributed by atoms with Gasteiger partial charge in [-0.3, -0.25) is 0 Å². The highest BCUT2D eigenvalue weighted by molar-refractivity contribution is 9.11. The van der Waals surface area contributed by atoms with Crippen LogP contribution >= 0.6 is 31.9 Å². The van der Waals surface area contributed by atoms with E-state index in [0.29, 0.717) is 18.1 Å². The topological polar surface area (TPSA) is 15.3 Å². The highest BCUT2D eigenvalue weighted by atomic mass is 79.9. The summed E-state index contributed by atoms with van der Waals surface area (Å²) in [6.45, 7) is 3.41. The van der Waals surface area contributed by atoms with Crippen LogP contribution in [0.2, 0.25) is 0 Å². The molecule has 0 aromatic heterocycles. The first-order valence-corrected chi connectivity index (χ1v) is 9.74. The Morgan fingerprint density at radius 1 is 1.19 bits per heavy atom. The zero-order valence-corrected chi connectivity index (χ0v) is 15.8. The first kappa shape index (κ1) is 15.8. The van der Waals surface area contributed by atoms with E-state index in [-0.39, 0.29) is 0 Å². The molecule has 2 bridgehead atoms. The van der Waals surface area contributed by atoms with Gasteiger partial charge in [0.2, 0.25) is 0 Å². The predicted molar refractivity (Wildman–Crippen MR) is 97.1 cm³/mol. The van der Waals surface area contributed by atoms with E-state index < -0.39 is 0 Å². The molecule has 2 fully saturated rings. The lowest BCUT2D eigenvalue weighted by molar-refractivity contribution is 0.245. The van der Waals surface area contributed by atoms with Crippen LogP contribution in [-0.2, 0) is 0 Å². The van der Waals surface area contributed by atoms with Crippen LogP contribution < -0.4 is 10.2 Å². The van der Waals surface area contributed by atoms with Gasteiger partial charge in [-0.15, -0.1) is 0 Å². The monoisotopic (exact) mass is 414 g/mol. The van der Waals surface area contributed by atoms with Crippen molar-refractivity contribution < 1.29 is 0 Å². The van der Waals surface area contributed by atoms with Crippen molar-refractivity contribution in [3.05, 3.63) is 27.1 Å². The van der Waals surface area contributed by atoms with Gasteiger partial charge in [-0.1, -0.05) is 22.9 Å². The van der Waals surface area contributed by atoms with Crippen molar-refractivity contribution in [3.63, 3.8) is 0 Å². The number of halogens is 2. The largest absolute Gasteiger partial charge is 0.365 e. The first-order valence-electron chi connectivity index (χ1n) is 8.15. The summed E-state index contributed by atoms with van der Waals surface area (Å²) in [4.78, 5) is 2.70. The Morgan fingerprint density at radius 2 is 1.90 bits per heavy atom. The Bertz CT molecular complexity index is 478. The molecular weight excluding hydrogens is 392 g/mol. The third-order valence-corrected chi connectivity index (χ3v) is 6.01. The van der Waals surface area contributed by atoms with Crippen LogP contribution in [0.25, 0.3) is 0 Å². The van der Waals surface area contributed by atoms with Crippen LogP contribution in [0.4, 0.5) is 5.69 Å². The molecule has 2 heterocycles. The second-order valence-electron chi connectivity index (χ2n) is 6.36. The summed E-state index contributed by atoms with van der Waals surface area (Å²) in [5, 5.41) is 3.75. The highest BCUT2D eigenvalue weighted by Crippen LogP contribution is 2.41. The molecule has 0 amide bonds. The van der Waals surface area contributed by atoms with E-state index in [0.717, 1.165) is 6.54 Å². The molecule has 0 aliphatic carbocycles. The number of nitrogens with one attached hydrogen (secondary N) is 1. The van der Waals surface area contributed by atoms with Gasteiger partial charge in [-0.05, 0) is 79.2 Å². The van der Waals surface area contributed by atoms with E-state index in [1.807, 2.05) is 0 Å². The number of nitrogens with zero attached hydrogens (tertiary/aromatic N) is 1. The Morgan fingerprint density at radius 3 is 2.57 bits per heavy atom. The molecule has 2 aliphatic rings. The first-order chi connectivity index (χ1) is 10.2. The number of anilines is 1. The maximum atomic E-state index is 3.75. The average molecular weight is 416 g/mol. The predicted octanol–water partition coefficient (Wildman–Crippen LogP) is 5.10. The van der Waals surface area contributed by atoms with Crippen LogP contribution in [0.1, 0.15) is 45.4 Å². The summed E-state index contributed by atoms with van der Waals surface area (Å²) in [7, 11) is 0. The number of benzene rings is 1. The summed E-state index contributed by atoms with van der Waals surface area (Å²) in [6.07, 6.45) is 7.86. The van der Waals surface area contributed by atoms with Crippen LogP contribution in [0.3, 0.4) is 0 Å². The van der Waals surface area contributed by atoms with Crippen LogP contribution in [0.15, 0.2) is 27.1 Å². The zero-order chi connectivity index (χ0) is 14.8. The third kappa shape index (κ3) is 3.48. The molecule has 2 aliphatic heterocycles. The van der Waals surface area contributed by atoms with Crippen molar-refractivity contribution in [3.8, 4) is 0 Å². The Kier molecular flexibility index (Phi) is 5.28. The molecule has 2 nitrogen and oxygen atoms in total. The average Bonchev–Trinajstić information content (AvgIpc) is 2.46. The molecule has 2 atom stereocenters. The number of fused-ring (bicyclic) bond motifs is 2.